The maximum absolute atomic E-state index is 10.9. The van der Waals surface area contributed by atoms with Gasteiger partial charge in [0.15, 0.2) is 11.5 Å². The fourth-order valence-corrected chi connectivity index (χ4v) is 4.40. The van der Waals surface area contributed by atoms with E-state index in [0.717, 1.165) is 35.5 Å². The van der Waals surface area contributed by atoms with Crippen molar-refractivity contribution in [1.29, 1.82) is 0 Å². The molecule has 0 aliphatic rings. The average Bonchev–Trinajstić information content (AvgIpc) is 3.20. The van der Waals surface area contributed by atoms with E-state index in [1.165, 1.54) is 0 Å². The molecule has 0 aliphatic carbocycles. The molecule has 0 amide bonds. The van der Waals surface area contributed by atoms with Gasteiger partial charge in [-0.2, -0.15) is 5.10 Å². The zero-order valence-corrected chi connectivity index (χ0v) is 21.3. The number of para-hydroxylation sites is 3. The van der Waals surface area contributed by atoms with Crippen molar-refractivity contribution in [3.05, 3.63) is 102 Å². The van der Waals surface area contributed by atoms with Crippen LogP contribution in [0.5, 0.6) is 17.4 Å². The molecule has 0 spiro atoms. The monoisotopic (exact) mass is 485 g/mol. The second-order valence-corrected chi connectivity index (χ2v) is 8.95. The van der Waals surface area contributed by atoms with E-state index >= 15 is 0 Å². The Morgan fingerprint density at radius 3 is 2.22 bits per heavy atom. The lowest BCUT2D eigenvalue weighted by Gasteiger charge is -2.25. The second-order valence-electron chi connectivity index (χ2n) is 8.95. The summed E-state index contributed by atoms with van der Waals surface area (Å²) >= 11 is 0. The van der Waals surface area contributed by atoms with Gasteiger partial charge < -0.3 is 14.6 Å². The van der Waals surface area contributed by atoms with Crippen LogP contribution in [0, 0.1) is 6.92 Å². The van der Waals surface area contributed by atoms with Crippen molar-refractivity contribution < 1.29 is 14.6 Å². The molecule has 6 nitrogen and oxygen atoms in total. The molecule has 0 bridgehead atoms. The predicted molar refractivity (Wildman–Crippen MR) is 143 cm³/mol. The minimum Gasteiger partial charge on any atom is -0.493 e. The standard InChI is InChI=1S/C30H35N3O3/c1-4-19-32(21-26(34)20-24-13-7-5-8-14-24)22-27-23(2)31-33(25-15-9-6-10-16-25)30(27)36-29-18-12-11-17-28(29)35-3/h5-18,26,34H,4,19-22H2,1-3H3/t26-/m0/s1. The number of aromatic nitrogens is 2. The summed E-state index contributed by atoms with van der Waals surface area (Å²) in [6.45, 7) is 6.20. The van der Waals surface area contributed by atoms with E-state index in [1.807, 2.05) is 84.4 Å². The molecule has 0 unspecified atom stereocenters. The maximum atomic E-state index is 10.9. The number of hydrogen-bond acceptors (Lipinski definition) is 5. The number of hydrogen-bond donors (Lipinski definition) is 1. The van der Waals surface area contributed by atoms with Gasteiger partial charge in [-0.25, -0.2) is 4.68 Å². The first-order valence-electron chi connectivity index (χ1n) is 12.5. The lowest BCUT2D eigenvalue weighted by atomic mass is 10.1. The highest BCUT2D eigenvalue weighted by Crippen LogP contribution is 2.36. The Bertz CT molecular complexity index is 1220. The number of ether oxygens (including phenoxy) is 2. The Labute approximate surface area is 213 Å². The van der Waals surface area contributed by atoms with E-state index in [-0.39, 0.29) is 0 Å². The van der Waals surface area contributed by atoms with Crippen molar-refractivity contribution in [2.45, 2.75) is 39.3 Å². The van der Waals surface area contributed by atoms with Crippen LogP contribution >= 0.6 is 0 Å². The minimum atomic E-state index is -0.470. The zero-order chi connectivity index (χ0) is 25.3. The largest absolute Gasteiger partial charge is 0.493 e. The van der Waals surface area contributed by atoms with Gasteiger partial charge in [-0.15, -0.1) is 0 Å². The van der Waals surface area contributed by atoms with Crippen LogP contribution in [0.4, 0.5) is 0 Å². The normalized spacial score (nSPS) is 12.0. The number of nitrogens with zero attached hydrogens (tertiary/aromatic N) is 3. The zero-order valence-electron chi connectivity index (χ0n) is 21.3. The average molecular weight is 486 g/mol. The summed E-state index contributed by atoms with van der Waals surface area (Å²) < 4.78 is 13.9. The molecule has 4 aromatic rings. The first-order chi connectivity index (χ1) is 17.6. The van der Waals surface area contributed by atoms with Crippen molar-refractivity contribution in [2.24, 2.45) is 0 Å². The van der Waals surface area contributed by atoms with Crippen LogP contribution in [0.25, 0.3) is 5.69 Å². The highest BCUT2D eigenvalue weighted by Gasteiger charge is 2.23. The van der Waals surface area contributed by atoms with E-state index < -0.39 is 6.10 Å². The molecule has 6 heteroatoms. The van der Waals surface area contributed by atoms with Crippen LogP contribution in [0.2, 0.25) is 0 Å². The van der Waals surface area contributed by atoms with Gasteiger partial charge in [0.1, 0.15) is 0 Å². The number of aryl methyl sites for hydroxylation is 1. The van der Waals surface area contributed by atoms with Crippen LogP contribution in [-0.2, 0) is 13.0 Å². The molecule has 0 radical (unpaired) electrons. The molecule has 0 fully saturated rings. The van der Waals surface area contributed by atoms with Crippen molar-refractivity contribution >= 4 is 0 Å². The highest BCUT2D eigenvalue weighted by molar-refractivity contribution is 5.47. The summed E-state index contributed by atoms with van der Waals surface area (Å²) in [5.74, 6) is 1.94. The molecular weight excluding hydrogens is 450 g/mol. The first kappa shape index (κ1) is 25.5. The smallest absolute Gasteiger partial charge is 0.227 e. The third kappa shape index (κ3) is 6.33. The Balaban J connectivity index is 1.65. The molecule has 36 heavy (non-hydrogen) atoms. The van der Waals surface area contributed by atoms with E-state index in [4.69, 9.17) is 14.6 Å². The molecule has 1 aromatic heterocycles. The Morgan fingerprint density at radius 1 is 0.917 bits per heavy atom. The number of benzene rings is 3. The van der Waals surface area contributed by atoms with Crippen LogP contribution in [0.15, 0.2) is 84.9 Å². The fourth-order valence-electron chi connectivity index (χ4n) is 4.40. The van der Waals surface area contributed by atoms with Crippen molar-refractivity contribution in [3.8, 4) is 23.1 Å². The Hall–Kier alpha value is -3.61. The first-order valence-corrected chi connectivity index (χ1v) is 12.5. The van der Waals surface area contributed by atoms with Gasteiger partial charge in [0.25, 0.3) is 0 Å². The van der Waals surface area contributed by atoms with Crippen LogP contribution in [0.1, 0.15) is 30.2 Å². The Morgan fingerprint density at radius 2 is 1.56 bits per heavy atom. The highest BCUT2D eigenvalue weighted by atomic mass is 16.5. The number of rotatable bonds is 12. The van der Waals surface area contributed by atoms with Crippen molar-refractivity contribution in [2.75, 3.05) is 20.2 Å². The summed E-state index contributed by atoms with van der Waals surface area (Å²) in [6, 6.07) is 27.7. The molecule has 188 valence electrons. The van der Waals surface area contributed by atoms with Gasteiger partial charge in [0.05, 0.1) is 30.2 Å². The van der Waals surface area contributed by atoms with Crippen molar-refractivity contribution in [3.63, 3.8) is 0 Å². The van der Waals surface area contributed by atoms with Gasteiger partial charge in [-0.05, 0) is 56.1 Å². The predicted octanol–water partition coefficient (Wildman–Crippen LogP) is 5.80. The summed E-state index contributed by atoms with van der Waals surface area (Å²) in [5.41, 5.74) is 3.94. The molecule has 0 aliphatic heterocycles. The van der Waals surface area contributed by atoms with E-state index in [0.29, 0.717) is 36.9 Å². The quantitative estimate of drug-likeness (QED) is 0.275. The molecule has 1 atom stereocenters. The second kappa shape index (κ2) is 12.4. The molecule has 1 N–H and O–H groups in total. The summed E-state index contributed by atoms with van der Waals surface area (Å²) in [4.78, 5) is 2.28. The van der Waals surface area contributed by atoms with Gasteiger partial charge in [0, 0.05) is 13.1 Å². The molecule has 0 saturated carbocycles. The van der Waals surface area contributed by atoms with E-state index in [9.17, 15) is 5.11 Å². The topological polar surface area (TPSA) is 59.8 Å². The minimum absolute atomic E-state index is 0.470. The lowest BCUT2D eigenvalue weighted by Crippen LogP contribution is -2.34. The van der Waals surface area contributed by atoms with Gasteiger partial charge in [-0.1, -0.05) is 67.6 Å². The lowest BCUT2D eigenvalue weighted by molar-refractivity contribution is 0.108. The SMILES string of the molecule is CCCN(Cc1c(C)nn(-c2ccccc2)c1Oc1ccccc1OC)C[C@@H](O)Cc1ccccc1. The molecular formula is C30H35N3O3. The van der Waals surface area contributed by atoms with Crippen LogP contribution < -0.4 is 9.47 Å². The maximum Gasteiger partial charge on any atom is 0.227 e. The van der Waals surface area contributed by atoms with Crippen molar-refractivity contribution in [1.82, 2.24) is 14.7 Å². The molecule has 3 aromatic carbocycles. The third-order valence-electron chi connectivity index (χ3n) is 6.12. The van der Waals surface area contributed by atoms with Gasteiger partial charge in [-0.3, -0.25) is 4.90 Å². The van der Waals surface area contributed by atoms with Crippen LogP contribution in [-0.4, -0.2) is 46.1 Å². The van der Waals surface area contributed by atoms with E-state index in [1.54, 1.807) is 7.11 Å². The fraction of sp³-hybridized carbons (Fsp3) is 0.300. The number of aliphatic hydroxyl groups is 1. The third-order valence-corrected chi connectivity index (χ3v) is 6.12. The number of methoxy groups -OCH3 is 1. The Kier molecular flexibility index (Phi) is 8.76. The van der Waals surface area contributed by atoms with Gasteiger partial charge >= 0.3 is 0 Å². The summed E-state index contributed by atoms with van der Waals surface area (Å²) in [6.07, 6.45) is 1.13. The van der Waals surface area contributed by atoms with E-state index in [2.05, 4.69) is 24.0 Å². The van der Waals surface area contributed by atoms with Crippen LogP contribution in [0.3, 0.4) is 0 Å². The summed E-state index contributed by atoms with van der Waals surface area (Å²) in [5, 5.41) is 15.7. The number of aliphatic hydroxyl groups excluding tert-OH is 1. The summed E-state index contributed by atoms with van der Waals surface area (Å²) in [7, 11) is 1.64. The molecule has 1 heterocycles. The van der Waals surface area contributed by atoms with Gasteiger partial charge in [0.2, 0.25) is 5.88 Å². The molecule has 0 saturated heterocycles. The molecule has 4 rings (SSSR count).